The zero-order valence-electron chi connectivity index (χ0n) is 10.9. The molecule has 1 N–H and O–H groups in total. The van der Waals surface area contributed by atoms with Crippen molar-refractivity contribution in [2.45, 2.75) is 26.4 Å². The van der Waals surface area contributed by atoms with Gasteiger partial charge in [-0.3, -0.25) is 14.9 Å². The molecule has 100 valence electrons. The zero-order chi connectivity index (χ0) is 14.2. The summed E-state index contributed by atoms with van der Waals surface area (Å²) in [6, 6.07) is 3.18. The van der Waals surface area contributed by atoms with Crippen LogP contribution >= 0.6 is 0 Å². The molecule has 6 heteroatoms. The number of anilines is 1. The van der Waals surface area contributed by atoms with E-state index in [1.165, 1.54) is 13.0 Å². The zero-order valence-corrected chi connectivity index (χ0v) is 10.9. The number of amides is 1. The Morgan fingerprint density at radius 1 is 1.42 bits per heavy atom. The van der Waals surface area contributed by atoms with Crippen LogP contribution in [0.4, 0.5) is 11.4 Å². The minimum Gasteiger partial charge on any atom is -0.476 e. The van der Waals surface area contributed by atoms with Gasteiger partial charge in [0.05, 0.1) is 4.92 Å². The van der Waals surface area contributed by atoms with Crippen molar-refractivity contribution in [2.75, 3.05) is 5.32 Å². The smallest absolute Gasteiger partial charge is 0.334 e. The van der Waals surface area contributed by atoms with Crippen molar-refractivity contribution in [1.82, 2.24) is 0 Å². The number of nitrogens with zero attached hydrogens (tertiary/aromatic N) is 1. The number of hydrogen-bond acceptors (Lipinski definition) is 4. The second-order valence-corrected chi connectivity index (χ2v) is 4.86. The van der Waals surface area contributed by atoms with Gasteiger partial charge in [-0.05, 0) is 32.1 Å². The van der Waals surface area contributed by atoms with Gasteiger partial charge in [-0.2, -0.15) is 0 Å². The van der Waals surface area contributed by atoms with Crippen LogP contribution in [0.3, 0.4) is 0 Å². The van der Waals surface area contributed by atoms with E-state index >= 15 is 0 Å². The highest BCUT2D eigenvalue weighted by Crippen LogP contribution is 2.43. The monoisotopic (exact) mass is 262 g/mol. The van der Waals surface area contributed by atoms with E-state index in [-0.39, 0.29) is 23.0 Å². The molecule has 1 heterocycles. The van der Waals surface area contributed by atoms with E-state index in [2.05, 4.69) is 5.32 Å². The van der Waals surface area contributed by atoms with E-state index in [1.807, 2.05) is 6.08 Å². The molecule has 19 heavy (non-hydrogen) atoms. The highest BCUT2D eigenvalue weighted by molar-refractivity contribution is 5.93. The number of nitrogens with one attached hydrogen (secondary N) is 1. The first-order valence-corrected chi connectivity index (χ1v) is 5.77. The van der Waals surface area contributed by atoms with Crippen molar-refractivity contribution in [1.29, 1.82) is 0 Å². The Morgan fingerprint density at radius 2 is 2.11 bits per heavy atom. The van der Waals surface area contributed by atoms with E-state index in [4.69, 9.17) is 4.74 Å². The molecule has 0 unspecified atom stereocenters. The minimum atomic E-state index is -0.618. The summed E-state index contributed by atoms with van der Waals surface area (Å²) in [5, 5.41) is 13.7. The fourth-order valence-corrected chi connectivity index (χ4v) is 1.88. The Labute approximate surface area is 110 Å². The van der Waals surface area contributed by atoms with Gasteiger partial charge in [-0.1, -0.05) is 6.08 Å². The van der Waals surface area contributed by atoms with Gasteiger partial charge in [0.1, 0.15) is 11.3 Å². The van der Waals surface area contributed by atoms with Gasteiger partial charge in [0.25, 0.3) is 0 Å². The van der Waals surface area contributed by atoms with Gasteiger partial charge in [-0.15, -0.1) is 0 Å². The Hall–Kier alpha value is -2.37. The van der Waals surface area contributed by atoms with Crippen LogP contribution in [0, 0.1) is 10.1 Å². The van der Waals surface area contributed by atoms with E-state index in [1.54, 1.807) is 26.0 Å². The summed E-state index contributed by atoms with van der Waals surface area (Å²) in [4.78, 5) is 21.8. The SMILES string of the molecule is CC(=O)Nc1ccc2c(c1[N+](=O)[O-])OC(C)(C)C=C2. The standard InChI is InChI=1S/C13H14N2O4/c1-8(16)14-10-5-4-9-6-7-13(2,3)19-12(9)11(10)15(17)18/h4-7H,1-3H3,(H,14,16). The molecule has 0 aromatic heterocycles. The van der Waals surface area contributed by atoms with Crippen molar-refractivity contribution in [3.05, 3.63) is 33.9 Å². The minimum absolute atomic E-state index is 0.141. The molecule has 1 amide bonds. The number of fused-ring (bicyclic) bond motifs is 1. The Kier molecular flexibility index (Phi) is 3.01. The molecule has 0 fully saturated rings. The van der Waals surface area contributed by atoms with Crippen LogP contribution in [0.25, 0.3) is 6.08 Å². The lowest BCUT2D eigenvalue weighted by Crippen LogP contribution is -2.28. The van der Waals surface area contributed by atoms with E-state index in [9.17, 15) is 14.9 Å². The second-order valence-electron chi connectivity index (χ2n) is 4.86. The van der Waals surface area contributed by atoms with E-state index in [0.717, 1.165) is 0 Å². The lowest BCUT2D eigenvalue weighted by atomic mass is 10.0. The van der Waals surface area contributed by atoms with Crippen molar-refractivity contribution in [3.8, 4) is 5.75 Å². The first kappa shape index (κ1) is 13.1. The average Bonchev–Trinajstić information content (AvgIpc) is 2.25. The van der Waals surface area contributed by atoms with Gasteiger partial charge >= 0.3 is 5.69 Å². The van der Waals surface area contributed by atoms with Crippen LogP contribution in [0.1, 0.15) is 26.3 Å². The number of carbonyl (C=O) groups is 1. The first-order chi connectivity index (χ1) is 8.80. The molecule has 6 nitrogen and oxygen atoms in total. The number of rotatable bonds is 2. The Bertz CT molecular complexity index is 591. The molecule has 2 rings (SSSR count). The number of ether oxygens (including phenoxy) is 1. The van der Waals surface area contributed by atoms with Gasteiger partial charge in [0, 0.05) is 12.5 Å². The first-order valence-electron chi connectivity index (χ1n) is 5.77. The number of carbonyl (C=O) groups excluding carboxylic acids is 1. The van der Waals surface area contributed by atoms with Crippen LogP contribution in [0.2, 0.25) is 0 Å². The maximum atomic E-state index is 11.2. The fourth-order valence-electron chi connectivity index (χ4n) is 1.88. The molecule has 0 saturated heterocycles. The normalized spacial score (nSPS) is 15.3. The average molecular weight is 262 g/mol. The molecule has 1 aliphatic heterocycles. The Balaban J connectivity index is 2.61. The van der Waals surface area contributed by atoms with Crippen LogP contribution < -0.4 is 10.1 Å². The molecule has 0 atom stereocenters. The lowest BCUT2D eigenvalue weighted by Gasteiger charge is -2.27. The predicted octanol–water partition coefficient (Wildman–Crippen LogP) is 2.74. The summed E-state index contributed by atoms with van der Waals surface area (Å²) < 4.78 is 5.65. The second kappa shape index (κ2) is 4.38. The van der Waals surface area contributed by atoms with Crippen molar-refractivity contribution < 1.29 is 14.5 Å². The topological polar surface area (TPSA) is 81.5 Å². The van der Waals surface area contributed by atoms with Crippen molar-refractivity contribution in [2.24, 2.45) is 0 Å². The molecule has 0 saturated carbocycles. The maximum absolute atomic E-state index is 11.2. The van der Waals surface area contributed by atoms with E-state index in [0.29, 0.717) is 5.56 Å². The van der Waals surface area contributed by atoms with Gasteiger partial charge < -0.3 is 10.1 Å². The highest BCUT2D eigenvalue weighted by Gasteiger charge is 2.31. The Morgan fingerprint density at radius 3 is 2.68 bits per heavy atom. The van der Waals surface area contributed by atoms with Crippen molar-refractivity contribution >= 4 is 23.4 Å². The molecule has 1 aromatic carbocycles. The number of hydrogen-bond donors (Lipinski definition) is 1. The number of nitro benzene ring substituents is 1. The lowest BCUT2D eigenvalue weighted by molar-refractivity contribution is -0.385. The third-order valence-corrected chi connectivity index (χ3v) is 2.68. The largest absolute Gasteiger partial charge is 0.476 e. The van der Waals surface area contributed by atoms with E-state index < -0.39 is 10.5 Å². The summed E-state index contributed by atoms with van der Waals surface area (Å²) in [5.74, 6) is -0.183. The molecule has 0 aliphatic carbocycles. The third kappa shape index (κ3) is 2.57. The van der Waals surface area contributed by atoms with Gasteiger partial charge in [0.2, 0.25) is 11.7 Å². The van der Waals surface area contributed by atoms with Crippen LogP contribution in [0.5, 0.6) is 5.75 Å². The quantitative estimate of drug-likeness (QED) is 0.656. The molecule has 0 radical (unpaired) electrons. The van der Waals surface area contributed by atoms with Gasteiger partial charge in [0.15, 0.2) is 0 Å². The highest BCUT2D eigenvalue weighted by atomic mass is 16.6. The molecular weight excluding hydrogens is 248 g/mol. The number of nitro groups is 1. The van der Waals surface area contributed by atoms with Crippen LogP contribution in [-0.4, -0.2) is 16.4 Å². The molecular formula is C13H14N2O4. The summed E-state index contributed by atoms with van der Waals surface area (Å²) in [7, 11) is 0. The van der Waals surface area contributed by atoms with Gasteiger partial charge in [-0.25, -0.2) is 0 Å². The predicted molar refractivity (Wildman–Crippen MR) is 71.1 cm³/mol. The maximum Gasteiger partial charge on any atom is 0.334 e. The fraction of sp³-hybridized carbons (Fsp3) is 0.308. The van der Waals surface area contributed by atoms with Crippen LogP contribution in [0.15, 0.2) is 18.2 Å². The molecule has 0 bridgehead atoms. The third-order valence-electron chi connectivity index (χ3n) is 2.68. The summed E-state index contributed by atoms with van der Waals surface area (Å²) in [5.41, 5.74) is -0.0697. The molecule has 1 aliphatic rings. The number of benzene rings is 1. The summed E-state index contributed by atoms with van der Waals surface area (Å²) >= 11 is 0. The molecule has 0 spiro atoms. The van der Waals surface area contributed by atoms with Crippen molar-refractivity contribution in [3.63, 3.8) is 0 Å². The molecule has 1 aromatic rings. The summed E-state index contributed by atoms with van der Waals surface area (Å²) in [6.45, 7) is 4.91. The summed E-state index contributed by atoms with van der Waals surface area (Å²) in [6.07, 6.45) is 3.61. The van der Waals surface area contributed by atoms with Crippen LogP contribution in [-0.2, 0) is 4.79 Å².